The highest BCUT2D eigenvalue weighted by molar-refractivity contribution is 7.99. The zero-order valence-electron chi connectivity index (χ0n) is 14.1. The van der Waals surface area contributed by atoms with Crippen LogP contribution in [-0.2, 0) is 16.1 Å². The van der Waals surface area contributed by atoms with Gasteiger partial charge in [0.2, 0.25) is 11.9 Å². The van der Waals surface area contributed by atoms with E-state index in [-0.39, 0.29) is 17.5 Å². The highest BCUT2D eigenvalue weighted by Gasteiger charge is 2.20. The second-order valence-electron chi connectivity index (χ2n) is 5.45. The van der Waals surface area contributed by atoms with E-state index in [1.54, 1.807) is 0 Å². The monoisotopic (exact) mass is 416 g/mol. The number of morpholine rings is 1. The molecular weight excluding hydrogens is 399 g/mol. The van der Waals surface area contributed by atoms with Crippen molar-refractivity contribution >= 4 is 52.6 Å². The second kappa shape index (κ2) is 8.90. The van der Waals surface area contributed by atoms with Gasteiger partial charge in [-0.15, -0.1) is 10.2 Å². The Balaban J connectivity index is 1.62. The standard InChI is InChI=1S/C15H18Cl2N6O2S/c1-2-23-14(22-3-5-25-6-4-22)20-21-15(23)26-9-12(24)19-13-11(17)7-10(16)8-18-13/h7-8H,2-6,9H2,1H3,(H,18,19,24). The fraction of sp³-hybridized carbons (Fsp3) is 0.467. The number of anilines is 2. The molecule has 3 heterocycles. The molecule has 3 rings (SSSR count). The Morgan fingerprint density at radius 3 is 2.81 bits per heavy atom. The van der Waals surface area contributed by atoms with E-state index < -0.39 is 0 Å². The van der Waals surface area contributed by atoms with Gasteiger partial charge in [0.15, 0.2) is 11.0 Å². The Kier molecular flexibility index (Phi) is 6.58. The number of nitrogens with one attached hydrogen (secondary N) is 1. The lowest BCUT2D eigenvalue weighted by molar-refractivity contribution is -0.113. The third kappa shape index (κ3) is 4.59. The third-order valence-electron chi connectivity index (χ3n) is 3.71. The molecule has 0 saturated carbocycles. The summed E-state index contributed by atoms with van der Waals surface area (Å²) < 4.78 is 7.37. The molecule has 1 aliphatic rings. The van der Waals surface area contributed by atoms with Crippen molar-refractivity contribution in [3.8, 4) is 0 Å². The fourth-order valence-corrected chi connectivity index (χ4v) is 3.69. The number of thioether (sulfide) groups is 1. The fourth-order valence-electron chi connectivity index (χ4n) is 2.47. The first-order valence-electron chi connectivity index (χ1n) is 8.08. The predicted molar refractivity (Wildman–Crippen MR) is 102 cm³/mol. The van der Waals surface area contributed by atoms with Crippen LogP contribution in [0.2, 0.25) is 10.0 Å². The van der Waals surface area contributed by atoms with E-state index in [9.17, 15) is 4.79 Å². The number of carbonyl (C=O) groups excluding carboxylic acids is 1. The lowest BCUT2D eigenvalue weighted by Gasteiger charge is -2.27. The maximum absolute atomic E-state index is 12.2. The van der Waals surface area contributed by atoms with Crippen LogP contribution in [0.15, 0.2) is 17.4 Å². The number of ether oxygens (including phenoxy) is 1. The molecule has 0 aliphatic carbocycles. The van der Waals surface area contributed by atoms with Crippen molar-refractivity contribution in [2.24, 2.45) is 0 Å². The number of hydrogen-bond donors (Lipinski definition) is 1. The lowest BCUT2D eigenvalue weighted by Crippen LogP contribution is -2.38. The Labute approximate surface area is 165 Å². The van der Waals surface area contributed by atoms with Gasteiger partial charge in [-0.25, -0.2) is 4.98 Å². The van der Waals surface area contributed by atoms with Crippen LogP contribution < -0.4 is 10.2 Å². The van der Waals surface area contributed by atoms with Crippen LogP contribution in [0.3, 0.4) is 0 Å². The molecule has 1 amide bonds. The molecule has 0 unspecified atom stereocenters. The van der Waals surface area contributed by atoms with E-state index in [0.717, 1.165) is 19.0 Å². The summed E-state index contributed by atoms with van der Waals surface area (Å²) in [6.07, 6.45) is 1.43. The summed E-state index contributed by atoms with van der Waals surface area (Å²) in [5.41, 5.74) is 0. The van der Waals surface area contributed by atoms with Crippen molar-refractivity contribution in [1.29, 1.82) is 0 Å². The predicted octanol–water partition coefficient (Wildman–Crippen LogP) is 2.57. The first kappa shape index (κ1) is 19.2. The van der Waals surface area contributed by atoms with Crippen LogP contribution in [0.5, 0.6) is 0 Å². The number of carbonyl (C=O) groups is 1. The number of pyridine rings is 1. The Morgan fingerprint density at radius 1 is 1.35 bits per heavy atom. The summed E-state index contributed by atoms with van der Waals surface area (Å²) in [5, 5.41) is 12.6. The SMILES string of the molecule is CCn1c(SCC(=O)Nc2ncc(Cl)cc2Cl)nnc1N1CCOCC1. The first-order valence-corrected chi connectivity index (χ1v) is 9.82. The molecule has 8 nitrogen and oxygen atoms in total. The summed E-state index contributed by atoms with van der Waals surface area (Å²) in [7, 11) is 0. The van der Waals surface area contributed by atoms with Crippen molar-refractivity contribution in [1.82, 2.24) is 19.7 Å². The molecule has 1 saturated heterocycles. The van der Waals surface area contributed by atoms with E-state index in [1.165, 1.54) is 24.0 Å². The highest BCUT2D eigenvalue weighted by atomic mass is 35.5. The Bertz CT molecular complexity index is 781. The molecule has 0 atom stereocenters. The van der Waals surface area contributed by atoms with Crippen LogP contribution in [0.4, 0.5) is 11.8 Å². The number of hydrogen-bond acceptors (Lipinski definition) is 7. The van der Waals surface area contributed by atoms with Crippen LogP contribution in [0.1, 0.15) is 6.92 Å². The topological polar surface area (TPSA) is 85.2 Å². The maximum Gasteiger partial charge on any atom is 0.236 e. The minimum atomic E-state index is -0.231. The second-order valence-corrected chi connectivity index (χ2v) is 7.23. The molecule has 11 heteroatoms. The molecule has 2 aromatic heterocycles. The summed E-state index contributed by atoms with van der Waals surface area (Å²) >= 11 is 13.1. The van der Waals surface area contributed by atoms with Crippen LogP contribution in [0, 0.1) is 0 Å². The third-order valence-corrected chi connectivity index (χ3v) is 5.17. The van der Waals surface area contributed by atoms with Gasteiger partial charge >= 0.3 is 0 Å². The van der Waals surface area contributed by atoms with Crippen molar-refractivity contribution in [3.63, 3.8) is 0 Å². The quantitative estimate of drug-likeness (QED) is 0.723. The number of amides is 1. The zero-order chi connectivity index (χ0) is 18.5. The van der Waals surface area contributed by atoms with E-state index >= 15 is 0 Å². The van der Waals surface area contributed by atoms with E-state index in [2.05, 4.69) is 25.4 Å². The number of aromatic nitrogens is 4. The molecule has 0 radical (unpaired) electrons. The summed E-state index contributed by atoms with van der Waals surface area (Å²) in [6, 6.07) is 1.53. The molecule has 1 aliphatic heterocycles. The number of rotatable bonds is 6. The zero-order valence-corrected chi connectivity index (χ0v) is 16.4. The molecule has 26 heavy (non-hydrogen) atoms. The van der Waals surface area contributed by atoms with E-state index in [1.807, 2.05) is 11.5 Å². The normalized spacial score (nSPS) is 14.5. The van der Waals surface area contributed by atoms with Gasteiger partial charge in [-0.2, -0.15) is 0 Å². The van der Waals surface area contributed by atoms with E-state index in [4.69, 9.17) is 27.9 Å². The van der Waals surface area contributed by atoms with Crippen molar-refractivity contribution in [2.45, 2.75) is 18.6 Å². The number of halogens is 2. The summed E-state index contributed by atoms with van der Waals surface area (Å²) in [5.74, 6) is 1.03. The molecule has 0 bridgehead atoms. The van der Waals surface area contributed by atoms with Gasteiger partial charge in [0, 0.05) is 25.8 Å². The summed E-state index contributed by atoms with van der Waals surface area (Å²) in [4.78, 5) is 18.3. The number of nitrogens with zero attached hydrogens (tertiary/aromatic N) is 5. The van der Waals surface area contributed by atoms with Crippen molar-refractivity contribution in [2.75, 3.05) is 42.3 Å². The molecule has 0 spiro atoms. The van der Waals surface area contributed by atoms with Gasteiger partial charge in [-0.05, 0) is 13.0 Å². The molecule has 1 fully saturated rings. The smallest absolute Gasteiger partial charge is 0.236 e. The lowest BCUT2D eigenvalue weighted by atomic mass is 10.4. The Morgan fingerprint density at radius 2 is 2.12 bits per heavy atom. The van der Waals surface area contributed by atoms with Gasteiger partial charge in [-0.1, -0.05) is 35.0 Å². The average Bonchev–Trinajstić information content (AvgIpc) is 3.06. The van der Waals surface area contributed by atoms with Gasteiger partial charge in [0.1, 0.15) is 0 Å². The average molecular weight is 417 g/mol. The Hall–Kier alpha value is -1.55. The molecule has 1 N–H and O–H groups in total. The summed E-state index contributed by atoms with van der Waals surface area (Å²) in [6.45, 7) is 5.66. The molecule has 0 aromatic carbocycles. The minimum absolute atomic E-state index is 0.169. The minimum Gasteiger partial charge on any atom is -0.378 e. The maximum atomic E-state index is 12.2. The molecule has 140 valence electrons. The van der Waals surface area contributed by atoms with Gasteiger partial charge in [-0.3, -0.25) is 9.36 Å². The van der Waals surface area contributed by atoms with Crippen LogP contribution in [0.25, 0.3) is 0 Å². The van der Waals surface area contributed by atoms with Gasteiger partial charge in [0.05, 0.1) is 29.0 Å². The largest absolute Gasteiger partial charge is 0.378 e. The molecular formula is C15H18Cl2N6O2S. The van der Waals surface area contributed by atoms with Crippen molar-refractivity contribution in [3.05, 3.63) is 22.3 Å². The van der Waals surface area contributed by atoms with Crippen LogP contribution >= 0.6 is 35.0 Å². The molecule has 2 aromatic rings. The van der Waals surface area contributed by atoms with E-state index in [0.29, 0.717) is 35.0 Å². The van der Waals surface area contributed by atoms with Gasteiger partial charge < -0.3 is 15.0 Å². The van der Waals surface area contributed by atoms with Crippen molar-refractivity contribution < 1.29 is 9.53 Å². The van der Waals surface area contributed by atoms with Crippen LogP contribution in [-0.4, -0.2) is 57.7 Å². The van der Waals surface area contributed by atoms with Gasteiger partial charge in [0.25, 0.3) is 0 Å². The first-order chi connectivity index (χ1) is 12.6. The highest BCUT2D eigenvalue weighted by Crippen LogP contribution is 2.25.